The van der Waals surface area contributed by atoms with E-state index in [1.807, 2.05) is 49.0 Å². The number of benzene rings is 1. The molecule has 2 heterocycles. The largest absolute Gasteiger partial charge is 0.319 e. The average Bonchev–Trinajstić information content (AvgIpc) is 2.67. The van der Waals surface area contributed by atoms with Gasteiger partial charge in [-0.25, -0.2) is 4.98 Å². The van der Waals surface area contributed by atoms with Gasteiger partial charge in [-0.05, 0) is 24.3 Å². The molecule has 1 aromatic heterocycles. The summed E-state index contributed by atoms with van der Waals surface area (Å²) in [7, 11) is 0. The number of pyridine rings is 1. The van der Waals surface area contributed by atoms with E-state index in [-0.39, 0.29) is 0 Å². The minimum atomic E-state index is 1.12. The van der Waals surface area contributed by atoms with Crippen molar-refractivity contribution in [2.45, 2.75) is 0 Å². The van der Waals surface area contributed by atoms with Crippen LogP contribution < -0.4 is 9.88 Å². The van der Waals surface area contributed by atoms with Gasteiger partial charge in [0.25, 0.3) is 0 Å². The Kier molecular flexibility index (Phi) is 2.47. The quantitative estimate of drug-likeness (QED) is 0.723. The predicted molar refractivity (Wildman–Crippen MR) is 70.4 cm³/mol. The smallest absolute Gasteiger partial charge is 0.210 e. The van der Waals surface area contributed by atoms with Gasteiger partial charge in [0.15, 0.2) is 6.20 Å². The highest BCUT2D eigenvalue weighted by atomic mass is 15.1. The molecule has 0 radical (unpaired) electrons. The molecule has 0 unspecified atom stereocenters. The molecule has 0 bridgehead atoms. The lowest BCUT2D eigenvalue weighted by atomic mass is 10.2. The van der Waals surface area contributed by atoms with Crippen molar-refractivity contribution in [3.05, 3.63) is 73.2 Å². The van der Waals surface area contributed by atoms with Crippen molar-refractivity contribution in [1.29, 1.82) is 0 Å². The number of aromatic nitrogens is 1. The van der Waals surface area contributed by atoms with Crippen LogP contribution in [0, 0.1) is 0 Å². The molecule has 0 amide bonds. The molecule has 0 saturated heterocycles. The predicted octanol–water partition coefficient (Wildman–Crippen LogP) is 3.06. The van der Waals surface area contributed by atoms with Gasteiger partial charge in [-0.1, -0.05) is 24.3 Å². The number of rotatable bonds is 1. The van der Waals surface area contributed by atoms with E-state index in [0.29, 0.717) is 0 Å². The third-order valence-electron chi connectivity index (χ3n) is 2.76. The molecule has 1 N–H and O–H groups in total. The molecule has 2 nitrogen and oxygen atoms in total. The molecule has 0 saturated carbocycles. The van der Waals surface area contributed by atoms with Crippen LogP contribution in [-0.2, 0) is 0 Å². The van der Waals surface area contributed by atoms with Gasteiger partial charge in [0.2, 0.25) is 5.52 Å². The summed E-state index contributed by atoms with van der Waals surface area (Å²) in [4.78, 5) is 5.39. The van der Waals surface area contributed by atoms with Crippen LogP contribution in [0.4, 0.5) is 5.69 Å². The molecule has 0 atom stereocenters. The molecular weight excluding hydrogens is 208 g/mol. The summed E-state index contributed by atoms with van der Waals surface area (Å²) in [6.45, 7) is 0. The summed E-state index contributed by atoms with van der Waals surface area (Å²) in [5.41, 5.74) is 2.28. The van der Waals surface area contributed by atoms with Gasteiger partial charge in [-0.3, -0.25) is 0 Å². The number of hydrogen-bond donors (Lipinski definition) is 0. The zero-order valence-corrected chi connectivity index (χ0v) is 9.38. The first-order valence-corrected chi connectivity index (χ1v) is 5.64. The summed E-state index contributed by atoms with van der Waals surface area (Å²) in [6.07, 6.45) is 14.2. The third-order valence-corrected chi connectivity index (χ3v) is 2.76. The Hall–Kier alpha value is -2.35. The number of H-pyrrole nitrogens is 1. The maximum Gasteiger partial charge on any atom is 0.210 e. The lowest BCUT2D eigenvalue weighted by Gasteiger charge is -2.12. The molecule has 1 aliphatic heterocycles. The molecule has 2 heteroatoms. The summed E-state index contributed by atoms with van der Waals surface area (Å²) in [5, 5.41) is 1.21. The highest BCUT2D eigenvalue weighted by Crippen LogP contribution is 2.18. The van der Waals surface area contributed by atoms with E-state index in [1.165, 1.54) is 5.39 Å². The standard InChI is InChI=1S/C15H12N2/c1-2-6-10-17(9-5-1)14-11-13-7-3-4-8-15(13)16-12-14/h1-12H/p+1. The van der Waals surface area contributed by atoms with Crippen LogP contribution in [0.2, 0.25) is 0 Å². The van der Waals surface area contributed by atoms with Gasteiger partial charge in [0.1, 0.15) is 5.69 Å². The zero-order chi connectivity index (χ0) is 11.5. The molecular formula is C15H13N2+. The second kappa shape index (κ2) is 4.26. The zero-order valence-electron chi connectivity index (χ0n) is 9.38. The van der Waals surface area contributed by atoms with Crippen LogP contribution in [0.15, 0.2) is 73.2 Å². The van der Waals surface area contributed by atoms with Gasteiger partial charge in [0.05, 0.1) is 0 Å². The Labute approximate surface area is 100 Å². The maximum atomic E-state index is 3.31. The number of fused-ring (bicyclic) bond motifs is 1. The maximum absolute atomic E-state index is 3.31. The third kappa shape index (κ3) is 1.97. The van der Waals surface area contributed by atoms with E-state index in [2.05, 4.69) is 34.1 Å². The number of hydrogen-bond acceptors (Lipinski definition) is 1. The first-order valence-electron chi connectivity index (χ1n) is 5.64. The fourth-order valence-electron chi connectivity index (χ4n) is 1.89. The number of nitrogens with one attached hydrogen (secondary N) is 1. The second-order valence-corrected chi connectivity index (χ2v) is 3.92. The minimum Gasteiger partial charge on any atom is -0.319 e. The minimum absolute atomic E-state index is 1.12. The fraction of sp³-hybridized carbons (Fsp3) is 0. The van der Waals surface area contributed by atoms with Crippen molar-refractivity contribution in [3.8, 4) is 0 Å². The van der Waals surface area contributed by atoms with Crippen molar-refractivity contribution in [2.75, 3.05) is 4.90 Å². The van der Waals surface area contributed by atoms with Crippen LogP contribution in [0.3, 0.4) is 0 Å². The molecule has 82 valence electrons. The monoisotopic (exact) mass is 221 g/mol. The van der Waals surface area contributed by atoms with E-state index in [1.54, 1.807) is 0 Å². The van der Waals surface area contributed by atoms with Gasteiger partial charge in [-0.15, -0.1) is 0 Å². The van der Waals surface area contributed by atoms with E-state index in [0.717, 1.165) is 11.2 Å². The summed E-state index contributed by atoms with van der Waals surface area (Å²) >= 11 is 0. The van der Waals surface area contributed by atoms with Crippen LogP contribution in [0.5, 0.6) is 0 Å². The van der Waals surface area contributed by atoms with Gasteiger partial charge < -0.3 is 4.90 Å². The first kappa shape index (κ1) is 9.85. The van der Waals surface area contributed by atoms with Crippen LogP contribution >= 0.6 is 0 Å². The Morgan fingerprint density at radius 2 is 1.65 bits per heavy atom. The number of aromatic amines is 1. The topological polar surface area (TPSA) is 17.4 Å². The molecule has 2 aromatic rings. The number of para-hydroxylation sites is 1. The fourth-order valence-corrected chi connectivity index (χ4v) is 1.89. The number of allylic oxidation sites excluding steroid dienone is 4. The van der Waals surface area contributed by atoms with Crippen LogP contribution in [0.25, 0.3) is 10.9 Å². The molecule has 0 aliphatic carbocycles. The molecule has 17 heavy (non-hydrogen) atoms. The van der Waals surface area contributed by atoms with Crippen molar-refractivity contribution in [2.24, 2.45) is 0 Å². The molecule has 1 aliphatic rings. The van der Waals surface area contributed by atoms with Gasteiger partial charge in [-0.2, -0.15) is 0 Å². The SMILES string of the molecule is C1=CC=CN(c2c[nH+]c3ccccc3c2)C=C1. The second-order valence-electron chi connectivity index (χ2n) is 3.92. The van der Waals surface area contributed by atoms with E-state index in [4.69, 9.17) is 0 Å². The van der Waals surface area contributed by atoms with Gasteiger partial charge in [0, 0.05) is 23.9 Å². The van der Waals surface area contributed by atoms with E-state index in [9.17, 15) is 0 Å². The highest BCUT2D eigenvalue weighted by Gasteiger charge is 2.06. The van der Waals surface area contributed by atoms with E-state index >= 15 is 0 Å². The van der Waals surface area contributed by atoms with Crippen LogP contribution in [-0.4, -0.2) is 0 Å². The summed E-state index contributed by atoms with van der Waals surface area (Å²) in [5.74, 6) is 0. The van der Waals surface area contributed by atoms with Crippen molar-refractivity contribution in [1.82, 2.24) is 0 Å². The normalized spacial score (nSPS) is 14.2. The molecule has 0 fully saturated rings. The van der Waals surface area contributed by atoms with E-state index < -0.39 is 0 Å². The van der Waals surface area contributed by atoms with Crippen molar-refractivity contribution in [3.63, 3.8) is 0 Å². The van der Waals surface area contributed by atoms with Crippen LogP contribution in [0.1, 0.15) is 0 Å². The van der Waals surface area contributed by atoms with Crippen molar-refractivity contribution >= 4 is 16.6 Å². The highest BCUT2D eigenvalue weighted by molar-refractivity contribution is 5.79. The lowest BCUT2D eigenvalue weighted by Crippen LogP contribution is -2.11. The van der Waals surface area contributed by atoms with Crippen molar-refractivity contribution < 1.29 is 4.98 Å². The lowest BCUT2D eigenvalue weighted by molar-refractivity contribution is -0.343. The summed E-state index contributed by atoms with van der Waals surface area (Å²) in [6, 6.07) is 10.4. The number of nitrogens with zero attached hydrogens (tertiary/aromatic N) is 1. The van der Waals surface area contributed by atoms with Gasteiger partial charge >= 0.3 is 0 Å². The molecule has 3 rings (SSSR count). The Balaban J connectivity index is 2.06. The Bertz CT molecular complexity index is 608. The Morgan fingerprint density at radius 3 is 2.47 bits per heavy atom. The molecule has 0 spiro atoms. The number of anilines is 1. The first-order chi connectivity index (χ1) is 8.43. The average molecular weight is 221 g/mol. The molecule has 1 aromatic carbocycles. The summed E-state index contributed by atoms with van der Waals surface area (Å²) < 4.78 is 0. The Morgan fingerprint density at radius 1 is 0.882 bits per heavy atom.